The van der Waals surface area contributed by atoms with E-state index in [2.05, 4.69) is 131 Å². The average Bonchev–Trinajstić information content (AvgIpc) is 2.29. The highest BCUT2D eigenvalue weighted by atomic mass is 28.5. The van der Waals surface area contributed by atoms with Gasteiger partial charge in [-0.15, -0.1) is 0 Å². The van der Waals surface area contributed by atoms with Gasteiger partial charge in [0, 0.05) is 0 Å². The van der Waals surface area contributed by atoms with Crippen molar-refractivity contribution in [2.75, 3.05) is 0 Å². The molecule has 0 aromatic rings. The summed E-state index contributed by atoms with van der Waals surface area (Å²) < 4.78 is 52.6. The molecular weight excluding hydrogens is 621 g/mol. The van der Waals surface area contributed by atoms with Gasteiger partial charge in [0.05, 0.1) is 0 Å². The number of hydrogen-bond acceptors (Lipinski definition) is 8. The zero-order valence-corrected chi connectivity index (χ0v) is 36.8. The first-order valence-electron chi connectivity index (χ1n) is 13.3. The van der Waals surface area contributed by atoms with Crippen LogP contribution < -0.4 is 0 Å². The summed E-state index contributed by atoms with van der Waals surface area (Å²) in [7, 11) is -20.8. The van der Waals surface area contributed by atoms with E-state index in [1.54, 1.807) is 0 Å². The van der Waals surface area contributed by atoms with Crippen molar-refractivity contribution < 1.29 is 32.9 Å². The third kappa shape index (κ3) is 19.4. The molecule has 0 spiro atoms. The van der Waals surface area contributed by atoms with Crippen LogP contribution in [0.1, 0.15) is 0 Å². The second-order valence-electron chi connectivity index (χ2n) is 14.8. The van der Waals surface area contributed by atoms with Gasteiger partial charge >= 0.3 is 59.9 Å². The van der Waals surface area contributed by atoms with Crippen molar-refractivity contribution in [3.63, 3.8) is 0 Å². The minimum Gasteiger partial charge on any atom is -0.437 e. The Kier molecular flexibility index (Phi) is 13.0. The van der Waals surface area contributed by atoms with E-state index in [0.29, 0.717) is 0 Å². The molecule has 0 saturated carbocycles. The second kappa shape index (κ2) is 12.5. The van der Waals surface area contributed by atoms with Crippen LogP contribution in [0.5, 0.6) is 0 Å². The van der Waals surface area contributed by atoms with Gasteiger partial charge in [-0.25, -0.2) is 0 Å². The lowest BCUT2D eigenvalue weighted by Crippen LogP contribution is -2.61. The van der Waals surface area contributed by atoms with Gasteiger partial charge in [-0.3, -0.25) is 0 Å². The van der Waals surface area contributed by atoms with E-state index in [1.165, 1.54) is 0 Å². The smallest absolute Gasteiger partial charge is 0.314 e. The van der Waals surface area contributed by atoms with Crippen LogP contribution >= 0.6 is 0 Å². The lowest BCUT2D eigenvalue weighted by molar-refractivity contribution is 0.260. The zero-order valence-electron chi connectivity index (χ0n) is 27.8. The van der Waals surface area contributed by atoms with Gasteiger partial charge in [-0.1, -0.05) is 0 Å². The van der Waals surface area contributed by atoms with Crippen LogP contribution in [0.3, 0.4) is 0 Å². The van der Waals surface area contributed by atoms with Crippen molar-refractivity contribution in [2.45, 2.75) is 131 Å². The van der Waals surface area contributed by atoms with Crippen molar-refractivity contribution in [3.8, 4) is 0 Å². The first-order chi connectivity index (χ1) is 15.7. The van der Waals surface area contributed by atoms with Crippen LogP contribution in [0.25, 0.3) is 0 Å². The molecule has 0 N–H and O–H groups in total. The van der Waals surface area contributed by atoms with Crippen molar-refractivity contribution in [1.82, 2.24) is 0 Å². The fraction of sp³-hybridized carbons (Fsp3) is 1.00. The maximum Gasteiger partial charge on any atom is 0.314 e. The predicted molar refractivity (Wildman–Crippen MR) is 178 cm³/mol. The summed E-state index contributed by atoms with van der Waals surface area (Å²) in [6.45, 7) is 42.4. The van der Waals surface area contributed by atoms with Crippen LogP contribution in [-0.2, 0) is 32.9 Å². The van der Waals surface area contributed by atoms with E-state index in [-0.39, 0.29) is 0 Å². The predicted octanol–water partition coefficient (Wildman–Crippen LogP) is 7.70. The number of rotatable bonds is 16. The minimum atomic E-state index is -2.59. The summed E-state index contributed by atoms with van der Waals surface area (Å²) in [5.41, 5.74) is 0. The van der Waals surface area contributed by atoms with E-state index < -0.39 is 76.6 Å². The molecule has 0 saturated heterocycles. The third-order valence-electron chi connectivity index (χ3n) is 4.05. The Hall–Kier alpha value is 1.63. The molecular formula is C20H60O8Si9. The fourth-order valence-electron chi connectivity index (χ4n) is 5.17. The molecule has 0 bridgehead atoms. The van der Waals surface area contributed by atoms with Crippen LogP contribution in [0.4, 0.5) is 0 Å². The SMILES string of the molecule is C[Si](C)(C)O[Si](C)(C)O[Si](C)(C)O[Si](C)(C)O[Si](C)(C)O[Si](C)(C)O[Si](C)(C)O[Si](C)(C)O[Si](C)(C)C. The van der Waals surface area contributed by atoms with Crippen molar-refractivity contribution >= 4 is 76.6 Å². The summed E-state index contributed by atoms with van der Waals surface area (Å²) >= 11 is 0. The van der Waals surface area contributed by atoms with Gasteiger partial charge in [0.2, 0.25) is 0 Å². The Morgan fingerprint density at radius 1 is 0.189 bits per heavy atom. The van der Waals surface area contributed by atoms with Crippen LogP contribution in [0.15, 0.2) is 0 Å². The van der Waals surface area contributed by atoms with Crippen LogP contribution in [0, 0.1) is 0 Å². The van der Waals surface area contributed by atoms with E-state index >= 15 is 0 Å². The van der Waals surface area contributed by atoms with Gasteiger partial charge in [0.1, 0.15) is 0 Å². The topological polar surface area (TPSA) is 73.8 Å². The van der Waals surface area contributed by atoms with E-state index in [9.17, 15) is 0 Å². The molecule has 0 aliphatic carbocycles. The summed E-state index contributed by atoms with van der Waals surface area (Å²) in [6, 6.07) is 0. The molecule has 17 heteroatoms. The molecule has 0 aliphatic rings. The molecule has 0 atom stereocenters. The highest BCUT2D eigenvalue weighted by Gasteiger charge is 2.49. The van der Waals surface area contributed by atoms with Gasteiger partial charge in [0.15, 0.2) is 16.6 Å². The molecule has 0 aliphatic heterocycles. The lowest BCUT2D eigenvalue weighted by Gasteiger charge is -2.44. The van der Waals surface area contributed by atoms with Crippen molar-refractivity contribution in [3.05, 3.63) is 0 Å². The minimum absolute atomic E-state index is 1.71. The molecule has 0 radical (unpaired) electrons. The highest BCUT2D eigenvalue weighted by Crippen LogP contribution is 2.29. The molecule has 0 unspecified atom stereocenters. The summed E-state index contributed by atoms with van der Waals surface area (Å²) in [5.74, 6) is 0. The summed E-state index contributed by atoms with van der Waals surface area (Å²) in [5, 5.41) is 0. The highest BCUT2D eigenvalue weighted by molar-refractivity contribution is 6.92. The van der Waals surface area contributed by atoms with E-state index in [0.717, 1.165) is 0 Å². The standard InChI is InChI=1S/C20H60O8Si9/c1-29(2,3)21-31(7,8)23-33(11,12)25-35(15,16)27-37(19,20)28-36(17,18)26-34(13,14)24-32(9,10)22-30(4,5)6/h1-20H3. The molecule has 0 aromatic carbocycles. The van der Waals surface area contributed by atoms with E-state index in [1.807, 2.05) is 0 Å². The molecule has 0 rings (SSSR count). The lowest BCUT2D eigenvalue weighted by atomic mass is 11.8. The molecule has 37 heavy (non-hydrogen) atoms. The molecule has 224 valence electrons. The quantitative estimate of drug-likeness (QED) is 0.154. The molecule has 0 fully saturated rings. The van der Waals surface area contributed by atoms with Crippen molar-refractivity contribution in [1.29, 1.82) is 0 Å². The fourth-order valence-corrected chi connectivity index (χ4v) is 49.2. The van der Waals surface area contributed by atoms with Crippen LogP contribution in [0.2, 0.25) is 131 Å². The molecule has 8 nitrogen and oxygen atoms in total. The third-order valence-corrected chi connectivity index (χ3v) is 36.5. The Morgan fingerprint density at radius 3 is 0.405 bits per heavy atom. The Labute approximate surface area is 239 Å². The van der Waals surface area contributed by atoms with Crippen molar-refractivity contribution in [2.24, 2.45) is 0 Å². The van der Waals surface area contributed by atoms with Gasteiger partial charge in [-0.05, 0) is 131 Å². The zero-order chi connectivity index (χ0) is 30.2. The van der Waals surface area contributed by atoms with Gasteiger partial charge in [-0.2, -0.15) is 0 Å². The average molecular weight is 681 g/mol. The largest absolute Gasteiger partial charge is 0.437 e. The molecule has 0 aromatic heterocycles. The maximum atomic E-state index is 6.68. The number of hydrogen-bond donors (Lipinski definition) is 0. The molecule has 0 heterocycles. The molecule has 0 amide bonds. The Bertz CT molecular complexity index is 685. The monoisotopic (exact) mass is 680 g/mol. The summed E-state index contributed by atoms with van der Waals surface area (Å²) in [6.07, 6.45) is 0. The maximum absolute atomic E-state index is 6.68. The van der Waals surface area contributed by atoms with Gasteiger partial charge < -0.3 is 32.9 Å². The van der Waals surface area contributed by atoms with Gasteiger partial charge in [0.25, 0.3) is 0 Å². The Morgan fingerprint density at radius 2 is 0.297 bits per heavy atom. The summed E-state index contributed by atoms with van der Waals surface area (Å²) in [4.78, 5) is 0. The second-order valence-corrected chi connectivity index (χ2v) is 49.4. The van der Waals surface area contributed by atoms with E-state index in [4.69, 9.17) is 32.9 Å². The first-order valence-corrected chi connectivity index (χ1v) is 39.8. The first kappa shape index (κ1) is 38.6. The normalized spacial score (nSPS) is 15.9. The van der Waals surface area contributed by atoms with Crippen LogP contribution in [-0.4, -0.2) is 76.6 Å². The Balaban J connectivity index is 5.36.